The average Bonchev–Trinajstić information content (AvgIpc) is 3.37. The van der Waals surface area contributed by atoms with Crippen LogP contribution in [0.1, 0.15) is 38.2 Å². The van der Waals surface area contributed by atoms with E-state index in [0.29, 0.717) is 54.4 Å². The monoisotopic (exact) mass is 533 g/mol. The van der Waals surface area contributed by atoms with Crippen LogP contribution in [0.2, 0.25) is 0 Å². The van der Waals surface area contributed by atoms with Crippen LogP contribution in [0.25, 0.3) is 0 Å². The lowest BCUT2D eigenvalue weighted by molar-refractivity contribution is -0.134. The molecule has 3 aliphatic heterocycles. The number of hydrogen-bond acceptors (Lipinski definition) is 6. The lowest BCUT2D eigenvalue weighted by Gasteiger charge is -2.30. The van der Waals surface area contributed by atoms with Crippen LogP contribution < -0.4 is 15.0 Å². The van der Waals surface area contributed by atoms with E-state index >= 15 is 0 Å². The SMILES string of the molecule is C=C(Cl)S/C(=N\C)NC(=O)N1CC2(CCN(C(C)=O)C2)c2cc(OCCCC(=O)N3CCC3)ccc21. The van der Waals surface area contributed by atoms with Gasteiger partial charge in [0.25, 0.3) is 0 Å². The minimum Gasteiger partial charge on any atom is -0.494 e. The summed E-state index contributed by atoms with van der Waals surface area (Å²) in [5.74, 6) is 0.895. The summed E-state index contributed by atoms with van der Waals surface area (Å²) in [6.07, 6.45) is 2.96. The quantitative estimate of drug-likeness (QED) is 0.343. The molecule has 9 nitrogen and oxygen atoms in total. The summed E-state index contributed by atoms with van der Waals surface area (Å²) in [7, 11) is 1.57. The molecule has 194 valence electrons. The Kier molecular flexibility index (Phi) is 8.14. The Morgan fingerprint density at radius 3 is 2.61 bits per heavy atom. The van der Waals surface area contributed by atoms with Crippen molar-refractivity contribution in [3.8, 4) is 5.75 Å². The molecule has 1 atom stereocenters. The molecule has 0 bridgehead atoms. The van der Waals surface area contributed by atoms with Crippen molar-refractivity contribution in [2.24, 2.45) is 4.99 Å². The fraction of sp³-hybridized carbons (Fsp3) is 0.520. The zero-order valence-electron chi connectivity index (χ0n) is 20.7. The number of fused-ring (bicyclic) bond motifs is 2. The van der Waals surface area contributed by atoms with Gasteiger partial charge in [-0.25, -0.2) is 4.79 Å². The molecule has 1 spiro atoms. The molecule has 0 saturated carbocycles. The normalized spacial score (nSPS) is 20.9. The molecule has 0 aromatic heterocycles. The number of carbonyl (C=O) groups is 3. The highest BCUT2D eigenvalue weighted by Gasteiger charge is 2.49. The number of likely N-dealkylation sites (tertiary alicyclic amines) is 2. The molecule has 11 heteroatoms. The topological polar surface area (TPSA) is 94.5 Å². The number of thioether (sulfide) groups is 1. The van der Waals surface area contributed by atoms with Crippen LogP contribution in [0.15, 0.2) is 34.1 Å². The number of rotatable bonds is 6. The Bertz CT molecular complexity index is 1090. The second-order valence-corrected chi connectivity index (χ2v) is 11.1. The first-order valence-corrected chi connectivity index (χ1v) is 13.3. The molecule has 1 aromatic rings. The maximum absolute atomic E-state index is 13.3. The molecule has 36 heavy (non-hydrogen) atoms. The number of ether oxygens (including phenoxy) is 1. The van der Waals surface area contributed by atoms with Crippen molar-refractivity contribution >= 4 is 52.1 Å². The molecule has 0 radical (unpaired) electrons. The van der Waals surface area contributed by atoms with Crippen LogP contribution in [-0.4, -0.2) is 79.2 Å². The van der Waals surface area contributed by atoms with Crippen molar-refractivity contribution in [2.45, 2.75) is 38.0 Å². The molecule has 3 aliphatic rings. The van der Waals surface area contributed by atoms with Gasteiger partial charge in [0.2, 0.25) is 11.8 Å². The number of anilines is 1. The maximum atomic E-state index is 13.3. The number of hydrogen-bond donors (Lipinski definition) is 1. The van der Waals surface area contributed by atoms with Gasteiger partial charge in [0.05, 0.1) is 11.0 Å². The number of nitrogens with one attached hydrogen (secondary N) is 1. The van der Waals surface area contributed by atoms with Crippen LogP contribution in [0.3, 0.4) is 0 Å². The largest absolute Gasteiger partial charge is 0.494 e. The molecule has 1 unspecified atom stereocenters. The molecule has 2 fully saturated rings. The molecule has 1 aromatic carbocycles. The molecule has 2 saturated heterocycles. The zero-order valence-corrected chi connectivity index (χ0v) is 22.3. The number of urea groups is 1. The summed E-state index contributed by atoms with van der Waals surface area (Å²) in [5.41, 5.74) is 1.39. The van der Waals surface area contributed by atoms with E-state index in [1.54, 1.807) is 18.9 Å². The van der Waals surface area contributed by atoms with Gasteiger partial charge in [0, 0.05) is 64.2 Å². The molecular formula is C25H32ClN5O4S. The van der Waals surface area contributed by atoms with Crippen molar-refractivity contribution < 1.29 is 19.1 Å². The Morgan fingerprint density at radius 2 is 2.00 bits per heavy atom. The third kappa shape index (κ3) is 5.64. The highest BCUT2D eigenvalue weighted by molar-refractivity contribution is 8.18. The number of aliphatic imine (C=N–C) groups is 1. The fourth-order valence-electron chi connectivity index (χ4n) is 4.94. The predicted octanol–water partition coefficient (Wildman–Crippen LogP) is 3.53. The Hall–Kier alpha value is -2.72. The highest BCUT2D eigenvalue weighted by Crippen LogP contribution is 2.47. The van der Waals surface area contributed by atoms with Crippen LogP contribution in [0.4, 0.5) is 10.5 Å². The van der Waals surface area contributed by atoms with Gasteiger partial charge >= 0.3 is 6.03 Å². The number of amidine groups is 1. The van der Waals surface area contributed by atoms with E-state index in [9.17, 15) is 14.4 Å². The number of nitrogens with zero attached hydrogens (tertiary/aromatic N) is 4. The van der Waals surface area contributed by atoms with Crippen LogP contribution in [-0.2, 0) is 15.0 Å². The minimum atomic E-state index is -0.377. The van der Waals surface area contributed by atoms with Crippen LogP contribution in [0, 0.1) is 0 Å². The summed E-state index contributed by atoms with van der Waals surface area (Å²) in [4.78, 5) is 46.9. The standard InChI is InChI=1S/C25H32ClN5O4S/c1-17(26)36-23(27-3)28-24(34)31-16-25(9-12-30(15-25)18(2)32)20-14-19(7-8-21(20)31)35-13-4-6-22(33)29-10-5-11-29/h7-8,14H,1,4-6,9-13,15-16H2,2-3H3,(H,27,28,34). The third-order valence-electron chi connectivity index (χ3n) is 6.97. The summed E-state index contributed by atoms with van der Waals surface area (Å²) < 4.78 is 6.30. The van der Waals surface area contributed by atoms with Crippen molar-refractivity contribution in [3.05, 3.63) is 34.7 Å². The van der Waals surface area contributed by atoms with E-state index in [1.165, 1.54) is 0 Å². The predicted molar refractivity (Wildman–Crippen MR) is 143 cm³/mol. The minimum absolute atomic E-state index is 0.0213. The smallest absolute Gasteiger partial charge is 0.327 e. The second kappa shape index (κ2) is 11.1. The molecule has 3 heterocycles. The lowest BCUT2D eigenvalue weighted by atomic mass is 9.81. The van der Waals surface area contributed by atoms with E-state index in [2.05, 4.69) is 16.9 Å². The van der Waals surface area contributed by atoms with Gasteiger partial charge in [-0.2, -0.15) is 0 Å². The first-order valence-electron chi connectivity index (χ1n) is 12.1. The van der Waals surface area contributed by atoms with Gasteiger partial charge in [0.1, 0.15) is 5.75 Å². The number of carbonyl (C=O) groups excluding carboxylic acids is 3. The zero-order chi connectivity index (χ0) is 25.9. The maximum Gasteiger partial charge on any atom is 0.327 e. The number of benzene rings is 1. The van der Waals surface area contributed by atoms with Crippen LogP contribution in [0.5, 0.6) is 5.75 Å². The van der Waals surface area contributed by atoms with E-state index in [0.717, 1.165) is 48.9 Å². The Balaban J connectivity index is 1.49. The highest BCUT2D eigenvalue weighted by atomic mass is 35.5. The van der Waals surface area contributed by atoms with Crippen molar-refractivity contribution in [1.29, 1.82) is 0 Å². The second-order valence-electron chi connectivity index (χ2n) is 9.34. The Labute approximate surface area is 220 Å². The van der Waals surface area contributed by atoms with Crippen molar-refractivity contribution in [3.63, 3.8) is 0 Å². The average molecular weight is 534 g/mol. The summed E-state index contributed by atoms with van der Waals surface area (Å²) >= 11 is 6.96. The lowest BCUT2D eigenvalue weighted by Crippen LogP contribution is -2.45. The van der Waals surface area contributed by atoms with E-state index < -0.39 is 0 Å². The fourth-order valence-corrected chi connectivity index (χ4v) is 5.60. The van der Waals surface area contributed by atoms with Crippen LogP contribution >= 0.6 is 23.4 Å². The first kappa shape index (κ1) is 26.3. The van der Waals surface area contributed by atoms with Gasteiger partial charge in [-0.15, -0.1) is 0 Å². The number of halogens is 1. The summed E-state index contributed by atoms with van der Waals surface area (Å²) in [6, 6.07) is 5.39. The van der Waals surface area contributed by atoms with Gasteiger partial charge in [0.15, 0.2) is 5.17 Å². The Morgan fingerprint density at radius 1 is 1.22 bits per heavy atom. The molecule has 4 rings (SSSR count). The van der Waals surface area contributed by atoms with E-state index in [1.807, 2.05) is 28.0 Å². The molecule has 0 aliphatic carbocycles. The van der Waals surface area contributed by atoms with Gasteiger partial charge in [-0.05, 0) is 54.8 Å². The van der Waals surface area contributed by atoms with Gasteiger partial charge in [-0.1, -0.05) is 18.2 Å². The molecule has 1 N–H and O–H groups in total. The molecular weight excluding hydrogens is 502 g/mol. The van der Waals surface area contributed by atoms with E-state index in [-0.39, 0.29) is 23.3 Å². The van der Waals surface area contributed by atoms with Gasteiger partial charge in [-0.3, -0.25) is 24.8 Å². The van der Waals surface area contributed by atoms with Gasteiger partial charge < -0.3 is 14.5 Å². The molecule has 4 amide bonds. The summed E-state index contributed by atoms with van der Waals surface area (Å²) in [6.45, 7) is 8.98. The number of amides is 4. The third-order valence-corrected chi connectivity index (χ3v) is 7.90. The van der Waals surface area contributed by atoms with Crippen molar-refractivity contribution in [2.75, 3.05) is 51.3 Å². The first-order chi connectivity index (χ1) is 17.2. The summed E-state index contributed by atoms with van der Waals surface area (Å²) in [5, 5.41) is 3.17. The van der Waals surface area contributed by atoms with E-state index in [4.69, 9.17) is 16.3 Å². The van der Waals surface area contributed by atoms with Crippen molar-refractivity contribution in [1.82, 2.24) is 15.1 Å².